The third kappa shape index (κ3) is 1.55. The molecule has 66 valence electrons. The van der Waals surface area contributed by atoms with Crippen molar-refractivity contribution in [2.45, 2.75) is 6.92 Å². The highest BCUT2D eigenvalue weighted by Gasteiger charge is 2.10. The molecule has 0 atom stereocenters. The Morgan fingerprint density at radius 1 is 1.83 bits per heavy atom. The van der Waals surface area contributed by atoms with Gasteiger partial charge in [-0.1, -0.05) is 0 Å². The number of hydrogen-bond acceptors (Lipinski definition) is 3. The van der Waals surface area contributed by atoms with E-state index in [0.29, 0.717) is 5.82 Å². The number of carboxylic acids is 1. The van der Waals surface area contributed by atoms with Crippen molar-refractivity contribution >= 4 is 11.8 Å². The number of imidazole rings is 1. The molecule has 1 aromatic heterocycles. The highest BCUT2D eigenvalue weighted by Crippen LogP contribution is 2.05. The first-order valence-electron chi connectivity index (χ1n) is 3.65. The highest BCUT2D eigenvalue weighted by molar-refractivity contribution is 5.84. The molecule has 0 fully saturated rings. The standard InChI is InChI=1S/C7H11N3O2/c1-3-8-5-4-10(2)6(9-5)7(11)12/h4,8H,3H2,1-2H3,(H,11,12). The lowest BCUT2D eigenvalue weighted by Gasteiger charge is -1.92. The maximum Gasteiger partial charge on any atom is 0.372 e. The molecule has 1 heterocycles. The van der Waals surface area contributed by atoms with Gasteiger partial charge in [-0.25, -0.2) is 9.78 Å². The lowest BCUT2D eigenvalue weighted by molar-refractivity contribution is 0.0680. The van der Waals surface area contributed by atoms with Crippen LogP contribution in [0.15, 0.2) is 6.20 Å². The van der Waals surface area contributed by atoms with E-state index in [4.69, 9.17) is 5.11 Å². The van der Waals surface area contributed by atoms with Gasteiger partial charge >= 0.3 is 5.97 Å². The van der Waals surface area contributed by atoms with Crippen molar-refractivity contribution in [1.29, 1.82) is 0 Å². The molecule has 0 radical (unpaired) electrons. The van der Waals surface area contributed by atoms with Crippen molar-refractivity contribution in [3.63, 3.8) is 0 Å². The van der Waals surface area contributed by atoms with Gasteiger partial charge in [-0.2, -0.15) is 0 Å². The second-order valence-corrected chi connectivity index (χ2v) is 2.40. The number of aromatic carboxylic acids is 1. The molecule has 0 aliphatic carbocycles. The quantitative estimate of drug-likeness (QED) is 0.693. The van der Waals surface area contributed by atoms with Crippen LogP contribution in [0, 0.1) is 0 Å². The zero-order valence-corrected chi connectivity index (χ0v) is 7.03. The molecule has 2 N–H and O–H groups in total. The molecule has 0 saturated carbocycles. The van der Waals surface area contributed by atoms with E-state index in [1.165, 1.54) is 4.57 Å². The third-order valence-corrected chi connectivity index (χ3v) is 1.43. The Balaban J connectivity index is 2.92. The zero-order chi connectivity index (χ0) is 9.14. The molecule has 0 spiro atoms. The number of anilines is 1. The monoisotopic (exact) mass is 169 g/mol. The van der Waals surface area contributed by atoms with E-state index in [-0.39, 0.29) is 5.82 Å². The van der Waals surface area contributed by atoms with Gasteiger partial charge in [0.25, 0.3) is 0 Å². The summed E-state index contributed by atoms with van der Waals surface area (Å²) in [6, 6.07) is 0. The Hall–Kier alpha value is -1.52. The van der Waals surface area contributed by atoms with Gasteiger partial charge in [0.05, 0.1) is 0 Å². The van der Waals surface area contributed by atoms with Crippen molar-refractivity contribution in [2.24, 2.45) is 7.05 Å². The van der Waals surface area contributed by atoms with Gasteiger partial charge in [0.1, 0.15) is 5.82 Å². The van der Waals surface area contributed by atoms with Gasteiger partial charge in [0, 0.05) is 19.8 Å². The number of aromatic nitrogens is 2. The third-order valence-electron chi connectivity index (χ3n) is 1.43. The molecule has 0 aliphatic rings. The average molecular weight is 169 g/mol. The van der Waals surface area contributed by atoms with Gasteiger partial charge in [-0.05, 0) is 6.92 Å². The summed E-state index contributed by atoms with van der Waals surface area (Å²) in [6.07, 6.45) is 1.65. The second kappa shape index (κ2) is 3.25. The number of rotatable bonds is 3. The summed E-state index contributed by atoms with van der Waals surface area (Å²) >= 11 is 0. The number of carboxylic acid groups (broad SMARTS) is 1. The molecular weight excluding hydrogens is 158 g/mol. The van der Waals surface area contributed by atoms with Crippen molar-refractivity contribution in [2.75, 3.05) is 11.9 Å². The minimum absolute atomic E-state index is 0.0472. The molecule has 0 unspecified atom stereocenters. The first-order chi connectivity index (χ1) is 5.65. The summed E-state index contributed by atoms with van der Waals surface area (Å²) in [5.41, 5.74) is 0. The van der Waals surface area contributed by atoms with Gasteiger partial charge in [0.2, 0.25) is 5.82 Å². The molecule has 0 amide bonds. The Kier molecular flexibility index (Phi) is 2.32. The van der Waals surface area contributed by atoms with E-state index in [9.17, 15) is 4.79 Å². The summed E-state index contributed by atoms with van der Waals surface area (Å²) in [5.74, 6) is -0.370. The molecule has 0 aromatic carbocycles. The van der Waals surface area contributed by atoms with E-state index in [2.05, 4.69) is 10.3 Å². The van der Waals surface area contributed by atoms with Crippen LogP contribution in [0.2, 0.25) is 0 Å². The molecule has 1 aromatic rings. The van der Waals surface area contributed by atoms with Crippen LogP contribution < -0.4 is 5.32 Å². The second-order valence-electron chi connectivity index (χ2n) is 2.40. The van der Waals surface area contributed by atoms with Gasteiger partial charge < -0.3 is 15.0 Å². The molecule has 5 nitrogen and oxygen atoms in total. The number of carbonyl (C=O) groups is 1. The lowest BCUT2D eigenvalue weighted by Crippen LogP contribution is -2.05. The molecule has 1 rings (SSSR count). The highest BCUT2D eigenvalue weighted by atomic mass is 16.4. The Bertz CT molecular complexity index is 293. The Morgan fingerprint density at radius 3 is 2.92 bits per heavy atom. The van der Waals surface area contributed by atoms with Crippen LogP contribution in [-0.4, -0.2) is 27.2 Å². The minimum Gasteiger partial charge on any atom is -0.475 e. The maximum absolute atomic E-state index is 10.5. The summed E-state index contributed by atoms with van der Waals surface area (Å²) in [6.45, 7) is 2.66. The first-order valence-corrected chi connectivity index (χ1v) is 3.65. The van der Waals surface area contributed by atoms with Crippen LogP contribution in [0.4, 0.5) is 5.82 Å². The van der Waals surface area contributed by atoms with E-state index < -0.39 is 5.97 Å². The molecule has 12 heavy (non-hydrogen) atoms. The Morgan fingerprint density at radius 2 is 2.50 bits per heavy atom. The van der Waals surface area contributed by atoms with Crippen LogP contribution in [0.25, 0.3) is 0 Å². The van der Waals surface area contributed by atoms with Gasteiger partial charge in [-0.15, -0.1) is 0 Å². The maximum atomic E-state index is 10.5. The fraction of sp³-hybridized carbons (Fsp3) is 0.429. The smallest absolute Gasteiger partial charge is 0.372 e. The SMILES string of the molecule is CCNc1cn(C)c(C(=O)O)n1. The van der Waals surface area contributed by atoms with Crippen LogP contribution in [0.5, 0.6) is 0 Å². The van der Waals surface area contributed by atoms with Crippen molar-refractivity contribution in [3.05, 3.63) is 12.0 Å². The largest absolute Gasteiger partial charge is 0.475 e. The van der Waals surface area contributed by atoms with Crippen molar-refractivity contribution < 1.29 is 9.90 Å². The molecular formula is C7H11N3O2. The number of aryl methyl sites for hydroxylation is 1. The van der Waals surface area contributed by atoms with Crippen molar-refractivity contribution in [1.82, 2.24) is 9.55 Å². The van der Waals surface area contributed by atoms with Crippen LogP contribution in [0.1, 0.15) is 17.5 Å². The van der Waals surface area contributed by atoms with E-state index in [1.807, 2.05) is 6.92 Å². The normalized spacial score (nSPS) is 9.83. The molecule has 0 aliphatic heterocycles. The summed E-state index contributed by atoms with van der Waals surface area (Å²) in [5, 5.41) is 11.6. The summed E-state index contributed by atoms with van der Waals surface area (Å²) in [4.78, 5) is 14.4. The van der Waals surface area contributed by atoms with Crippen LogP contribution in [-0.2, 0) is 7.05 Å². The molecule has 0 saturated heterocycles. The van der Waals surface area contributed by atoms with Crippen molar-refractivity contribution in [3.8, 4) is 0 Å². The average Bonchev–Trinajstić information content (AvgIpc) is 2.32. The number of nitrogens with one attached hydrogen (secondary N) is 1. The van der Waals surface area contributed by atoms with E-state index in [1.54, 1.807) is 13.2 Å². The van der Waals surface area contributed by atoms with Gasteiger partial charge in [0.15, 0.2) is 0 Å². The topological polar surface area (TPSA) is 67.2 Å². The molecule has 0 bridgehead atoms. The first kappa shape index (κ1) is 8.58. The van der Waals surface area contributed by atoms with Crippen LogP contribution >= 0.6 is 0 Å². The number of hydrogen-bond donors (Lipinski definition) is 2. The minimum atomic E-state index is -1.01. The summed E-state index contributed by atoms with van der Waals surface area (Å²) in [7, 11) is 1.65. The van der Waals surface area contributed by atoms with Gasteiger partial charge in [-0.3, -0.25) is 0 Å². The van der Waals surface area contributed by atoms with E-state index >= 15 is 0 Å². The molecule has 5 heteroatoms. The Labute approximate surface area is 70.0 Å². The fourth-order valence-electron chi connectivity index (χ4n) is 0.931. The predicted octanol–water partition coefficient (Wildman–Crippen LogP) is 0.550. The lowest BCUT2D eigenvalue weighted by atomic mass is 10.6. The predicted molar refractivity (Wildman–Crippen MR) is 44.3 cm³/mol. The van der Waals surface area contributed by atoms with Crippen LogP contribution in [0.3, 0.4) is 0 Å². The zero-order valence-electron chi connectivity index (χ0n) is 7.03. The summed E-state index contributed by atoms with van der Waals surface area (Å²) < 4.78 is 1.47. The number of nitrogens with zero attached hydrogens (tertiary/aromatic N) is 2. The fourth-order valence-corrected chi connectivity index (χ4v) is 0.931. The van der Waals surface area contributed by atoms with E-state index in [0.717, 1.165) is 6.54 Å².